The summed E-state index contributed by atoms with van der Waals surface area (Å²) in [7, 11) is 0. The molecule has 0 heterocycles. The van der Waals surface area contributed by atoms with Gasteiger partial charge in [0.15, 0.2) is 0 Å². The van der Waals surface area contributed by atoms with Crippen molar-refractivity contribution in [1.29, 1.82) is 0 Å². The predicted octanol–water partition coefficient (Wildman–Crippen LogP) is 2.99. The maximum atomic E-state index is 5.92. The van der Waals surface area contributed by atoms with Gasteiger partial charge in [-0.05, 0) is 32.7 Å². The molecule has 0 amide bonds. The van der Waals surface area contributed by atoms with Crippen LogP contribution in [0, 0.1) is 0 Å². The molecule has 0 bridgehead atoms. The van der Waals surface area contributed by atoms with E-state index in [0.717, 1.165) is 32.5 Å². The lowest BCUT2D eigenvalue weighted by atomic mass is 10.0. The van der Waals surface area contributed by atoms with Gasteiger partial charge in [0.1, 0.15) is 0 Å². The van der Waals surface area contributed by atoms with Gasteiger partial charge < -0.3 is 14.8 Å². The molecule has 0 aliphatic rings. The minimum absolute atomic E-state index is 0.0523. The molecule has 3 nitrogen and oxygen atoms in total. The van der Waals surface area contributed by atoms with Crippen molar-refractivity contribution < 1.29 is 9.47 Å². The lowest BCUT2D eigenvalue weighted by Crippen LogP contribution is -2.41. The summed E-state index contributed by atoms with van der Waals surface area (Å²) in [4.78, 5) is 0. The van der Waals surface area contributed by atoms with Crippen molar-refractivity contribution >= 4 is 0 Å². The monoisotopic (exact) mass is 245 g/mol. The molecule has 0 aromatic carbocycles. The Kier molecular flexibility index (Phi) is 10.9. The second-order valence-electron chi connectivity index (χ2n) is 4.79. The van der Waals surface area contributed by atoms with Gasteiger partial charge >= 0.3 is 0 Å². The summed E-state index contributed by atoms with van der Waals surface area (Å²) in [5, 5.41) is 3.42. The van der Waals surface area contributed by atoms with Gasteiger partial charge in [0.2, 0.25) is 0 Å². The van der Waals surface area contributed by atoms with Crippen LogP contribution in [0.5, 0.6) is 0 Å². The van der Waals surface area contributed by atoms with Gasteiger partial charge in [-0.3, -0.25) is 0 Å². The van der Waals surface area contributed by atoms with Crippen molar-refractivity contribution in [3.63, 3.8) is 0 Å². The summed E-state index contributed by atoms with van der Waals surface area (Å²) >= 11 is 0. The van der Waals surface area contributed by atoms with E-state index in [9.17, 15) is 0 Å². The van der Waals surface area contributed by atoms with E-state index in [1.807, 2.05) is 0 Å². The van der Waals surface area contributed by atoms with Crippen molar-refractivity contribution in [3.8, 4) is 0 Å². The Hall–Kier alpha value is -0.120. The van der Waals surface area contributed by atoms with E-state index in [1.54, 1.807) is 0 Å². The lowest BCUT2D eigenvalue weighted by molar-refractivity contribution is -0.0577. The fraction of sp³-hybridized carbons (Fsp3) is 1.00. The molecule has 0 spiro atoms. The average molecular weight is 245 g/mol. The highest BCUT2D eigenvalue weighted by Gasteiger charge is 2.21. The Balaban J connectivity index is 3.57. The summed E-state index contributed by atoms with van der Waals surface area (Å²) in [6.07, 6.45) is 4.52. The first-order valence-corrected chi connectivity index (χ1v) is 7.11. The lowest BCUT2D eigenvalue weighted by Gasteiger charge is -2.29. The molecule has 0 fully saturated rings. The smallest absolute Gasteiger partial charge is 0.0776 e. The quantitative estimate of drug-likeness (QED) is 0.536. The van der Waals surface area contributed by atoms with E-state index in [4.69, 9.17) is 9.47 Å². The summed E-state index contributed by atoms with van der Waals surface area (Å²) < 4.78 is 11.4. The third kappa shape index (κ3) is 9.57. The Labute approximate surface area is 107 Å². The van der Waals surface area contributed by atoms with Crippen LogP contribution in [-0.4, -0.2) is 38.5 Å². The number of nitrogens with one attached hydrogen (secondary N) is 1. The van der Waals surface area contributed by atoms with Crippen molar-refractivity contribution in [2.45, 2.75) is 59.0 Å². The van der Waals surface area contributed by atoms with Crippen molar-refractivity contribution in [2.24, 2.45) is 0 Å². The van der Waals surface area contributed by atoms with Crippen LogP contribution >= 0.6 is 0 Å². The summed E-state index contributed by atoms with van der Waals surface area (Å²) in [5.41, 5.74) is -0.0523. The van der Waals surface area contributed by atoms with Crippen LogP contribution in [0.2, 0.25) is 0 Å². The number of rotatable bonds is 12. The molecule has 0 saturated heterocycles. The SMILES string of the molecule is CCCCOCCOC(C)(CC)CNCCC. The van der Waals surface area contributed by atoms with Gasteiger partial charge in [-0.1, -0.05) is 27.2 Å². The van der Waals surface area contributed by atoms with Crippen LogP contribution < -0.4 is 5.32 Å². The largest absolute Gasteiger partial charge is 0.379 e. The molecule has 0 radical (unpaired) electrons. The normalized spacial score (nSPS) is 14.8. The van der Waals surface area contributed by atoms with Crippen LogP contribution in [-0.2, 0) is 9.47 Å². The molecule has 104 valence electrons. The molecule has 17 heavy (non-hydrogen) atoms. The molecule has 0 aromatic heterocycles. The second-order valence-corrected chi connectivity index (χ2v) is 4.79. The van der Waals surface area contributed by atoms with Gasteiger partial charge in [-0.25, -0.2) is 0 Å². The Morgan fingerprint density at radius 1 is 1.00 bits per heavy atom. The van der Waals surface area contributed by atoms with E-state index in [2.05, 4.69) is 33.0 Å². The summed E-state index contributed by atoms with van der Waals surface area (Å²) in [5.74, 6) is 0. The van der Waals surface area contributed by atoms with Crippen LogP contribution in [0.3, 0.4) is 0 Å². The molecule has 1 unspecified atom stereocenters. The zero-order valence-corrected chi connectivity index (χ0v) is 12.2. The highest BCUT2D eigenvalue weighted by Crippen LogP contribution is 2.13. The standard InChI is InChI=1S/C14H31NO2/c1-5-8-10-16-11-12-17-14(4,7-3)13-15-9-6-2/h15H,5-13H2,1-4H3. The fourth-order valence-electron chi connectivity index (χ4n) is 1.50. The molecule has 3 heteroatoms. The van der Waals surface area contributed by atoms with Gasteiger partial charge in [0.25, 0.3) is 0 Å². The van der Waals surface area contributed by atoms with Crippen LogP contribution in [0.1, 0.15) is 53.4 Å². The van der Waals surface area contributed by atoms with E-state index in [1.165, 1.54) is 12.8 Å². The van der Waals surface area contributed by atoms with E-state index >= 15 is 0 Å². The first-order valence-electron chi connectivity index (χ1n) is 7.11. The third-order valence-electron chi connectivity index (χ3n) is 2.99. The average Bonchev–Trinajstić information content (AvgIpc) is 2.34. The topological polar surface area (TPSA) is 30.5 Å². The van der Waals surface area contributed by atoms with E-state index in [0.29, 0.717) is 13.2 Å². The Morgan fingerprint density at radius 2 is 1.76 bits per heavy atom. The number of hydrogen-bond donors (Lipinski definition) is 1. The molecule has 0 aliphatic heterocycles. The zero-order chi connectivity index (χ0) is 13.0. The van der Waals surface area contributed by atoms with Crippen molar-refractivity contribution in [1.82, 2.24) is 5.32 Å². The molecule has 0 aromatic rings. The van der Waals surface area contributed by atoms with E-state index < -0.39 is 0 Å². The van der Waals surface area contributed by atoms with E-state index in [-0.39, 0.29) is 5.60 Å². The minimum atomic E-state index is -0.0523. The summed E-state index contributed by atoms with van der Waals surface area (Å²) in [6, 6.07) is 0. The van der Waals surface area contributed by atoms with Crippen molar-refractivity contribution in [2.75, 3.05) is 32.9 Å². The number of unbranched alkanes of at least 4 members (excludes halogenated alkanes) is 1. The molecule has 0 rings (SSSR count). The predicted molar refractivity (Wildman–Crippen MR) is 73.5 cm³/mol. The molecular weight excluding hydrogens is 214 g/mol. The Morgan fingerprint density at radius 3 is 2.35 bits per heavy atom. The Bertz CT molecular complexity index is 164. The van der Waals surface area contributed by atoms with Crippen LogP contribution in [0.4, 0.5) is 0 Å². The van der Waals surface area contributed by atoms with Crippen LogP contribution in [0.25, 0.3) is 0 Å². The first-order chi connectivity index (χ1) is 8.18. The number of hydrogen-bond acceptors (Lipinski definition) is 3. The third-order valence-corrected chi connectivity index (χ3v) is 2.99. The highest BCUT2D eigenvalue weighted by molar-refractivity contribution is 4.76. The maximum Gasteiger partial charge on any atom is 0.0776 e. The van der Waals surface area contributed by atoms with Crippen LogP contribution in [0.15, 0.2) is 0 Å². The number of ether oxygens (including phenoxy) is 2. The molecule has 0 aliphatic carbocycles. The molecular formula is C14H31NO2. The summed E-state index contributed by atoms with van der Waals surface area (Å²) in [6.45, 7) is 12.9. The van der Waals surface area contributed by atoms with Gasteiger partial charge in [-0.15, -0.1) is 0 Å². The molecule has 1 N–H and O–H groups in total. The first kappa shape index (κ1) is 16.9. The minimum Gasteiger partial charge on any atom is -0.379 e. The van der Waals surface area contributed by atoms with Gasteiger partial charge in [-0.2, -0.15) is 0 Å². The maximum absolute atomic E-state index is 5.92. The molecule has 0 saturated carbocycles. The van der Waals surface area contributed by atoms with Gasteiger partial charge in [0.05, 0.1) is 18.8 Å². The second kappa shape index (κ2) is 11.0. The highest BCUT2D eigenvalue weighted by atomic mass is 16.5. The fourth-order valence-corrected chi connectivity index (χ4v) is 1.50. The van der Waals surface area contributed by atoms with Crippen molar-refractivity contribution in [3.05, 3.63) is 0 Å². The van der Waals surface area contributed by atoms with Gasteiger partial charge in [0, 0.05) is 13.2 Å². The molecule has 1 atom stereocenters. The zero-order valence-electron chi connectivity index (χ0n) is 12.2.